The first kappa shape index (κ1) is 10.1. The van der Waals surface area contributed by atoms with Crippen molar-refractivity contribution in [1.29, 1.82) is 0 Å². The van der Waals surface area contributed by atoms with Crippen LogP contribution in [0.25, 0.3) is 0 Å². The van der Waals surface area contributed by atoms with Gasteiger partial charge < -0.3 is 15.0 Å². The van der Waals surface area contributed by atoms with Crippen LogP contribution in [0.15, 0.2) is 4.52 Å². The van der Waals surface area contributed by atoms with E-state index in [2.05, 4.69) is 10.1 Å². The summed E-state index contributed by atoms with van der Waals surface area (Å²) < 4.78 is 10.2. The number of nitrogens with two attached hydrogens (primary N) is 1. The van der Waals surface area contributed by atoms with E-state index in [0.717, 1.165) is 0 Å². The predicted octanol–water partition coefficient (Wildman–Crippen LogP) is 0.452. The lowest BCUT2D eigenvalue weighted by Crippen LogP contribution is -2.20. The molecule has 0 radical (unpaired) electrons. The Balaban J connectivity index is 2.79. The van der Waals surface area contributed by atoms with Crippen molar-refractivity contribution in [3.63, 3.8) is 0 Å². The van der Waals surface area contributed by atoms with Crippen LogP contribution in [0.4, 0.5) is 0 Å². The minimum absolute atomic E-state index is 0.485. The summed E-state index contributed by atoms with van der Waals surface area (Å²) in [6.07, 6.45) is 0.628. The molecule has 0 aliphatic heterocycles. The van der Waals surface area contributed by atoms with E-state index in [1.807, 2.05) is 13.8 Å². The zero-order valence-corrected chi connectivity index (χ0v) is 8.20. The predicted molar refractivity (Wildman–Crippen MR) is 47.1 cm³/mol. The first-order valence-corrected chi connectivity index (χ1v) is 4.18. The van der Waals surface area contributed by atoms with E-state index >= 15 is 0 Å². The molecular weight excluding hydrogens is 170 g/mol. The van der Waals surface area contributed by atoms with E-state index in [4.69, 9.17) is 15.0 Å². The number of hydrogen-bond donors (Lipinski definition) is 1. The zero-order valence-electron chi connectivity index (χ0n) is 8.20. The van der Waals surface area contributed by atoms with Gasteiger partial charge in [0, 0.05) is 13.5 Å². The van der Waals surface area contributed by atoms with Crippen molar-refractivity contribution >= 4 is 0 Å². The first-order chi connectivity index (χ1) is 6.10. The number of hydrogen-bond acceptors (Lipinski definition) is 5. The van der Waals surface area contributed by atoms with Crippen molar-refractivity contribution in [2.75, 3.05) is 13.7 Å². The topological polar surface area (TPSA) is 74.2 Å². The van der Waals surface area contributed by atoms with Gasteiger partial charge in [0.05, 0.1) is 0 Å². The Morgan fingerprint density at radius 2 is 2.23 bits per heavy atom. The van der Waals surface area contributed by atoms with E-state index in [0.29, 0.717) is 24.7 Å². The molecule has 0 aliphatic rings. The Hall–Kier alpha value is -0.940. The molecule has 0 aliphatic carbocycles. The highest BCUT2D eigenvalue weighted by atomic mass is 16.5. The third-order valence-corrected chi connectivity index (χ3v) is 1.86. The van der Waals surface area contributed by atoms with Crippen LogP contribution < -0.4 is 5.73 Å². The molecule has 0 atom stereocenters. The van der Waals surface area contributed by atoms with Crippen LogP contribution in [-0.4, -0.2) is 23.8 Å². The molecular formula is C8H15N3O2. The second kappa shape index (κ2) is 3.85. The minimum atomic E-state index is -0.528. The molecule has 0 aromatic carbocycles. The Labute approximate surface area is 77.3 Å². The molecule has 1 rings (SSSR count). The highest BCUT2D eigenvalue weighted by Gasteiger charge is 2.26. The fourth-order valence-corrected chi connectivity index (χ4v) is 0.816. The lowest BCUT2D eigenvalue weighted by atomic mass is 10.1. The molecule has 0 saturated heterocycles. The molecule has 1 heterocycles. The van der Waals surface area contributed by atoms with Gasteiger partial charge in [-0.05, 0) is 20.4 Å². The fourth-order valence-electron chi connectivity index (χ4n) is 0.816. The van der Waals surface area contributed by atoms with Crippen LogP contribution >= 0.6 is 0 Å². The molecule has 0 fully saturated rings. The monoisotopic (exact) mass is 185 g/mol. The maximum absolute atomic E-state index is 5.36. The van der Waals surface area contributed by atoms with Gasteiger partial charge >= 0.3 is 0 Å². The summed E-state index contributed by atoms with van der Waals surface area (Å²) in [6, 6.07) is 0. The van der Waals surface area contributed by atoms with Crippen LogP contribution in [0.1, 0.15) is 25.6 Å². The van der Waals surface area contributed by atoms with Gasteiger partial charge in [-0.15, -0.1) is 0 Å². The summed E-state index contributed by atoms with van der Waals surface area (Å²) in [4.78, 5) is 4.16. The highest BCUT2D eigenvalue weighted by Crippen LogP contribution is 2.21. The molecule has 0 amide bonds. The van der Waals surface area contributed by atoms with Gasteiger partial charge in [-0.2, -0.15) is 4.98 Å². The van der Waals surface area contributed by atoms with Gasteiger partial charge in [0.1, 0.15) is 5.60 Å². The second-order valence-corrected chi connectivity index (χ2v) is 3.27. The van der Waals surface area contributed by atoms with Crippen LogP contribution in [0.3, 0.4) is 0 Å². The molecule has 1 aromatic heterocycles. The summed E-state index contributed by atoms with van der Waals surface area (Å²) in [7, 11) is 1.60. The van der Waals surface area contributed by atoms with Crippen LogP contribution in [0.2, 0.25) is 0 Å². The molecule has 0 bridgehead atoms. The smallest absolute Gasteiger partial charge is 0.258 e. The van der Waals surface area contributed by atoms with Crippen LogP contribution in [-0.2, 0) is 16.8 Å². The Morgan fingerprint density at radius 3 is 2.77 bits per heavy atom. The normalized spacial score (nSPS) is 12.0. The van der Waals surface area contributed by atoms with Gasteiger partial charge in [0.25, 0.3) is 5.89 Å². The maximum Gasteiger partial charge on any atom is 0.258 e. The molecule has 5 heteroatoms. The number of aromatic nitrogens is 2. The number of nitrogens with zero attached hydrogens (tertiary/aromatic N) is 2. The quantitative estimate of drug-likeness (QED) is 0.737. The van der Waals surface area contributed by atoms with Crippen molar-refractivity contribution in [3.8, 4) is 0 Å². The van der Waals surface area contributed by atoms with Crippen LogP contribution in [0, 0.1) is 0 Å². The molecule has 0 saturated carbocycles. The standard InChI is InChI=1S/C8H15N3O2/c1-8(2,12-3)7-10-6(4-5-9)11-13-7/h4-5,9H2,1-3H3. The fraction of sp³-hybridized carbons (Fsp3) is 0.750. The zero-order chi connectivity index (χ0) is 9.90. The Kier molecular flexibility index (Phi) is 3.00. The summed E-state index contributed by atoms with van der Waals surface area (Å²) in [5, 5.41) is 3.77. The van der Waals surface area contributed by atoms with Gasteiger partial charge in [-0.25, -0.2) is 0 Å². The number of rotatable bonds is 4. The van der Waals surface area contributed by atoms with Crippen molar-refractivity contribution in [1.82, 2.24) is 10.1 Å². The summed E-state index contributed by atoms with van der Waals surface area (Å²) in [6.45, 7) is 4.26. The molecule has 1 aromatic rings. The highest BCUT2D eigenvalue weighted by molar-refractivity contribution is 4.95. The SMILES string of the molecule is COC(C)(C)c1nc(CCN)no1. The Morgan fingerprint density at radius 1 is 1.54 bits per heavy atom. The van der Waals surface area contributed by atoms with Crippen molar-refractivity contribution in [2.45, 2.75) is 25.9 Å². The lowest BCUT2D eigenvalue weighted by Gasteiger charge is -2.16. The van der Waals surface area contributed by atoms with Gasteiger partial charge in [0.2, 0.25) is 0 Å². The largest absolute Gasteiger partial charge is 0.369 e. The third kappa shape index (κ3) is 2.26. The summed E-state index contributed by atoms with van der Waals surface area (Å²) in [5.41, 5.74) is 4.83. The minimum Gasteiger partial charge on any atom is -0.369 e. The van der Waals surface area contributed by atoms with Crippen molar-refractivity contribution in [2.24, 2.45) is 5.73 Å². The van der Waals surface area contributed by atoms with E-state index in [-0.39, 0.29) is 0 Å². The van der Waals surface area contributed by atoms with Gasteiger partial charge in [-0.3, -0.25) is 0 Å². The lowest BCUT2D eigenvalue weighted by molar-refractivity contribution is -0.00786. The molecule has 74 valence electrons. The molecule has 0 spiro atoms. The van der Waals surface area contributed by atoms with E-state index < -0.39 is 5.60 Å². The maximum atomic E-state index is 5.36. The molecule has 5 nitrogen and oxygen atoms in total. The van der Waals surface area contributed by atoms with E-state index in [1.54, 1.807) is 7.11 Å². The average Bonchev–Trinajstić information content (AvgIpc) is 2.54. The number of methoxy groups -OCH3 is 1. The van der Waals surface area contributed by atoms with Crippen molar-refractivity contribution in [3.05, 3.63) is 11.7 Å². The van der Waals surface area contributed by atoms with Crippen molar-refractivity contribution < 1.29 is 9.26 Å². The molecule has 2 N–H and O–H groups in total. The second-order valence-electron chi connectivity index (χ2n) is 3.27. The van der Waals surface area contributed by atoms with E-state index in [9.17, 15) is 0 Å². The van der Waals surface area contributed by atoms with Crippen LogP contribution in [0.5, 0.6) is 0 Å². The first-order valence-electron chi connectivity index (χ1n) is 4.18. The summed E-state index contributed by atoms with van der Waals surface area (Å²) >= 11 is 0. The number of ether oxygens (including phenoxy) is 1. The average molecular weight is 185 g/mol. The van der Waals surface area contributed by atoms with E-state index in [1.165, 1.54) is 0 Å². The summed E-state index contributed by atoms with van der Waals surface area (Å²) in [5.74, 6) is 1.11. The van der Waals surface area contributed by atoms with Gasteiger partial charge in [-0.1, -0.05) is 5.16 Å². The molecule has 13 heavy (non-hydrogen) atoms. The third-order valence-electron chi connectivity index (χ3n) is 1.86. The van der Waals surface area contributed by atoms with Gasteiger partial charge in [0.15, 0.2) is 5.82 Å². The molecule has 0 unspecified atom stereocenters. The Bertz CT molecular complexity index is 270.